The van der Waals surface area contributed by atoms with Crippen LogP contribution in [0.15, 0.2) is 0 Å². The Morgan fingerprint density at radius 2 is 1.94 bits per heavy atom. The Bertz CT molecular complexity index is 308. The van der Waals surface area contributed by atoms with Crippen molar-refractivity contribution in [3.8, 4) is 0 Å². The van der Waals surface area contributed by atoms with Crippen molar-refractivity contribution in [2.75, 3.05) is 0 Å². The number of carboxylic acid groups (broad SMARTS) is 1. The largest absolute Gasteiger partial charge is 0.481 e. The molecule has 0 heterocycles. The molecule has 0 aromatic rings. The Morgan fingerprint density at radius 1 is 1.24 bits per heavy atom. The van der Waals surface area contributed by atoms with Crippen LogP contribution in [0.4, 0.5) is 0 Å². The lowest BCUT2D eigenvalue weighted by Crippen LogP contribution is -2.46. The molecule has 2 aliphatic carbocycles. The van der Waals surface area contributed by atoms with Gasteiger partial charge in [0.25, 0.3) is 0 Å². The summed E-state index contributed by atoms with van der Waals surface area (Å²) in [4.78, 5) is 10.9. The van der Waals surface area contributed by atoms with E-state index in [2.05, 4.69) is 20.8 Å². The van der Waals surface area contributed by atoms with Gasteiger partial charge >= 0.3 is 5.97 Å². The van der Waals surface area contributed by atoms with Gasteiger partial charge in [-0.15, -0.1) is 0 Å². The van der Waals surface area contributed by atoms with Crippen LogP contribution in [-0.2, 0) is 4.79 Å². The number of hydrogen-bond donors (Lipinski definition) is 1. The maximum Gasteiger partial charge on any atom is 0.303 e. The molecule has 2 fully saturated rings. The minimum Gasteiger partial charge on any atom is -0.481 e. The molecule has 0 aliphatic heterocycles. The van der Waals surface area contributed by atoms with Crippen LogP contribution in [0.5, 0.6) is 0 Å². The summed E-state index contributed by atoms with van der Waals surface area (Å²) >= 11 is 0. The SMILES string of the molecule is CC1(C)CCCC2(C)CC(CC(=O)O)CCC12. The van der Waals surface area contributed by atoms with E-state index in [0.29, 0.717) is 23.2 Å². The predicted molar refractivity (Wildman–Crippen MR) is 68.8 cm³/mol. The maximum atomic E-state index is 10.9. The fraction of sp³-hybridized carbons (Fsp3) is 0.933. The summed E-state index contributed by atoms with van der Waals surface area (Å²) in [5, 5.41) is 8.95. The fourth-order valence-electron chi connectivity index (χ4n) is 4.81. The Kier molecular flexibility index (Phi) is 3.26. The molecule has 3 atom stereocenters. The molecule has 2 heteroatoms. The zero-order valence-electron chi connectivity index (χ0n) is 11.5. The number of carbonyl (C=O) groups is 1. The number of fused-ring (bicyclic) bond motifs is 1. The van der Waals surface area contributed by atoms with Gasteiger partial charge in [0.1, 0.15) is 0 Å². The zero-order chi connectivity index (χ0) is 12.7. The van der Waals surface area contributed by atoms with Crippen LogP contribution in [-0.4, -0.2) is 11.1 Å². The van der Waals surface area contributed by atoms with Gasteiger partial charge in [-0.2, -0.15) is 0 Å². The van der Waals surface area contributed by atoms with Gasteiger partial charge in [0.2, 0.25) is 0 Å². The molecule has 0 saturated heterocycles. The van der Waals surface area contributed by atoms with E-state index < -0.39 is 5.97 Å². The molecular weight excluding hydrogens is 212 g/mol. The molecule has 1 N–H and O–H groups in total. The highest BCUT2D eigenvalue weighted by Gasteiger charge is 2.49. The maximum absolute atomic E-state index is 10.9. The molecule has 0 spiro atoms. The number of hydrogen-bond acceptors (Lipinski definition) is 1. The fourth-order valence-corrected chi connectivity index (χ4v) is 4.81. The first-order valence-electron chi connectivity index (χ1n) is 7.05. The number of carboxylic acids is 1. The molecular formula is C15H26O2. The van der Waals surface area contributed by atoms with Crippen LogP contribution in [0.1, 0.15) is 65.7 Å². The molecule has 0 bridgehead atoms. The smallest absolute Gasteiger partial charge is 0.303 e. The van der Waals surface area contributed by atoms with Crippen molar-refractivity contribution in [2.24, 2.45) is 22.7 Å². The normalized spacial score (nSPS) is 40.6. The van der Waals surface area contributed by atoms with Crippen LogP contribution >= 0.6 is 0 Å². The summed E-state index contributed by atoms with van der Waals surface area (Å²) in [7, 11) is 0. The molecule has 0 aromatic carbocycles. The Labute approximate surface area is 105 Å². The average molecular weight is 238 g/mol. The Hall–Kier alpha value is -0.530. The van der Waals surface area contributed by atoms with Crippen molar-refractivity contribution < 1.29 is 9.90 Å². The monoisotopic (exact) mass is 238 g/mol. The topological polar surface area (TPSA) is 37.3 Å². The summed E-state index contributed by atoms with van der Waals surface area (Å²) < 4.78 is 0. The number of aliphatic carboxylic acids is 1. The van der Waals surface area contributed by atoms with Crippen molar-refractivity contribution in [1.29, 1.82) is 0 Å². The molecule has 3 unspecified atom stereocenters. The van der Waals surface area contributed by atoms with Crippen LogP contribution in [0, 0.1) is 22.7 Å². The van der Waals surface area contributed by atoms with E-state index >= 15 is 0 Å². The molecule has 98 valence electrons. The standard InChI is InChI=1S/C15H26O2/c1-14(2)7-4-8-15(3)10-11(9-13(16)17)5-6-12(14)15/h11-12H,4-10H2,1-3H3,(H,16,17). The van der Waals surface area contributed by atoms with Crippen LogP contribution in [0.25, 0.3) is 0 Å². The van der Waals surface area contributed by atoms with E-state index in [9.17, 15) is 4.79 Å². The second-order valence-electron chi connectivity index (χ2n) is 7.29. The zero-order valence-corrected chi connectivity index (χ0v) is 11.5. The number of rotatable bonds is 2. The van der Waals surface area contributed by atoms with E-state index in [-0.39, 0.29) is 0 Å². The highest BCUT2D eigenvalue weighted by Crippen LogP contribution is 2.58. The summed E-state index contributed by atoms with van der Waals surface area (Å²) in [5.74, 6) is 0.601. The first-order valence-corrected chi connectivity index (χ1v) is 7.05. The lowest BCUT2D eigenvalue weighted by Gasteiger charge is -2.55. The van der Waals surface area contributed by atoms with Crippen molar-refractivity contribution >= 4 is 5.97 Å². The quantitative estimate of drug-likeness (QED) is 0.786. The van der Waals surface area contributed by atoms with Gasteiger partial charge in [0.15, 0.2) is 0 Å². The van der Waals surface area contributed by atoms with Gasteiger partial charge < -0.3 is 5.11 Å². The second kappa shape index (κ2) is 4.29. The third-order valence-corrected chi connectivity index (χ3v) is 5.44. The van der Waals surface area contributed by atoms with Gasteiger partial charge in [-0.3, -0.25) is 4.79 Å². The van der Waals surface area contributed by atoms with Crippen LogP contribution in [0.3, 0.4) is 0 Å². The molecule has 2 aliphatic rings. The minimum atomic E-state index is -0.618. The molecule has 0 radical (unpaired) electrons. The molecule has 2 rings (SSSR count). The molecule has 2 nitrogen and oxygen atoms in total. The Morgan fingerprint density at radius 3 is 2.59 bits per heavy atom. The molecule has 2 saturated carbocycles. The summed E-state index contributed by atoms with van der Waals surface area (Å²) in [6.07, 6.45) is 7.83. The van der Waals surface area contributed by atoms with Crippen LogP contribution < -0.4 is 0 Å². The van der Waals surface area contributed by atoms with Crippen LogP contribution in [0.2, 0.25) is 0 Å². The molecule has 0 amide bonds. The van der Waals surface area contributed by atoms with Gasteiger partial charge in [-0.1, -0.05) is 27.2 Å². The van der Waals surface area contributed by atoms with Gasteiger partial charge in [0, 0.05) is 6.42 Å². The summed E-state index contributed by atoms with van der Waals surface area (Å²) in [5.41, 5.74) is 0.862. The first-order chi connectivity index (χ1) is 7.83. The van der Waals surface area contributed by atoms with Crippen molar-refractivity contribution in [3.05, 3.63) is 0 Å². The van der Waals surface area contributed by atoms with E-state index in [0.717, 1.165) is 18.8 Å². The summed E-state index contributed by atoms with van der Waals surface area (Å²) in [6.45, 7) is 7.23. The first kappa shape index (κ1) is 12.9. The third kappa shape index (κ3) is 2.51. The van der Waals surface area contributed by atoms with E-state index in [4.69, 9.17) is 5.11 Å². The highest BCUT2D eigenvalue weighted by atomic mass is 16.4. The molecule has 0 aromatic heterocycles. The summed E-state index contributed by atoms with van der Waals surface area (Å²) in [6, 6.07) is 0. The average Bonchev–Trinajstić information content (AvgIpc) is 2.13. The lowest BCUT2D eigenvalue weighted by atomic mass is 9.50. The predicted octanol–water partition coefficient (Wildman–Crippen LogP) is 4.09. The van der Waals surface area contributed by atoms with E-state index in [1.54, 1.807) is 0 Å². The van der Waals surface area contributed by atoms with Gasteiger partial charge in [-0.05, 0) is 54.8 Å². The highest BCUT2D eigenvalue weighted by molar-refractivity contribution is 5.67. The second-order valence-corrected chi connectivity index (χ2v) is 7.29. The molecule has 17 heavy (non-hydrogen) atoms. The van der Waals surface area contributed by atoms with Gasteiger partial charge in [0.05, 0.1) is 0 Å². The lowest BCUT2D eigenvalue weighted by molar-refractivity contribution is -0.139. The van der Waals surface area contributed by atoms with Gasteiger partial charge in [-0.25, -0.2) is 0 Å². The Balaban J connectivity index is 2.10. The van der Waals surface area contributed by atoms with E-state index in [1.807, 2.05) is 0 Å². The third-order valence-electron chi connectivity index (χ3n) is 5.44. The minimum absolute atomic E-state index is 0.378. The van der Waals surface area contributed by atoms with E-state index in [1.165, 1.54) is 25.7 Å². The van der Waals surface area contributed by atoms with Crippen molar-refractivity contribution in [3.63, 3.8) is 0 Å². The van der Waals surface area contributed by atoms with Crippen molar-refractivity contribution in [2.45, 2.75) is 65.7 Å². The van der Waals surface area contributed by atoms with Crippen molar-refractivity contribution in [1.82, 2.24) is 0 Å².